The molecular weight excluding hydrogens is 248 g/mol. The van der Waals surface area contributed by atoms with Crippen molar-refractivity contribution < 1.29 is 0 Å². The summed E-state index contributed by atoms with van der Waals surface area (Å²) in [4.78, 5) is 6.96. The number of nitrogens with zero attached hydrogens (tertiary/aromatic N) is 3. The Labute approximate surface area is 120 Å². The number of hydrogen-bond donors (Lipinski definition) is 1. The molecule has 2 aromatic rings. The van der Waals surface area contributed by atoms with Gasteiger partial charge >= 0.3 is 0 Å². The lowest BCUT2D eigenvalue weighted by atomic mass is 9.94. The molecule has 2 N–H and O–H groups in total. The fourth-order valence-electron chi connectivity index (χ4n) is 3.31. The maximum absolute atomic E-state index is 5.73. The first-order valence-electron chi connectivity index (χ1n) is 7.79. The highest BCUT2D eigenvalue weighted by Gasteiger charge is 2.22. The molecule has 1 aliphatic carbocycles. The van der Waals surface area contributed by atoms with E-state index in [1.54, 1.807) is 0 Å². The molecule has 0 aromatic carbocycles. The molecule has 3 rings (SSSR count). The molecule has 4 heteroatoms. The summed E-state index contributed by atoms with van der Waals surface area (Å²) in [5, 5.41) is 0. The summed E-state index contributed by atoms with van der Waals surface area (Å²) >= 11 is 0. The van der Waals surface area contributed by atoms with Crippen LogP contribution >= 0.6 is 0 Å². The zero-order valence-electron chi connectivity index (χ0n) is 12.0. The van der Waals surface area contributed by atoms with Crippen molar-refractivity contribution in [1.82, 2.24) is 9.38 Å². The van der Waals surface area contributed by atoms with Crippen LogP contribution in [0, 0.1) is 0 Å². The number of hydrogen-bond acceptors (Lipinski definition) is 3. The van der Waals surface area contributed by atoms with Crippen molar-refractivity contribution in [3.05, 3.63) is 30.6 Å². The Kier molecular flexibility index (Phi) is 4.21. The molecule has 0 radical (unpaired) electrons. The van der Waals surface area contributed by atoms with Crippen molar-refractivity contribution in [2.75, 3.05) is 18.0 Å². The molecule has 0 unspecified atom stereocenters. The first-order valence-corrected chi connectivity index (χ1v) is 7.79. The van der Waals surface area contributed by atoms with Crippen molar-refractivity contribution in [1.29, 1.82) is 0 Å². The molecule has 20 heavy (non-hydrogen) atoms. The Balaban J connectivity index is 1.92. The molecule has 2 aromatic heterocycles. The van der Waals surface area contributed by atoms with Crippen LogP contribution in [0.2, 0.25) is 0 Å². The normalized spacial score (nSPS) is 16.6. The van der Waals surface area contributed by atoms with E-state index in [1.165, 1.54) is 37.9 Å². The first-order chi connectivity index (χ1) is 9.90. The Bertz CT molecular complexity index is 542. The molecule has 0 atom stereocenters. The minimum atomic E-state index is 0.656. The van der Waals surface area contributed by atoms with Gasteiger partial charge in [0.05, 0.1) is 0 Å². The number of nitrogens with two attached hydrogens (primary N) is 1. The van der Waals surface area contributed by atoms with Gasteiger partial charge < -0.3 is 10.6 Å². The van der Waals surface area contributed by atoms with Crippen molar-refractivity contribution in [3.8, 4) is 0 Å². The van der Waals surface area contributed by atoms with Crippen LogP contribution in [0.25, 0.3) is 5.65 Å². The molecular formula is C16H24N4. The monoisotopic (exact) mass is 272 g/mol. The van der Waals surface area contributed by atoms with E-state index in [4.69, 9.17) is 5.73 Å². The van der Waals surface area contributed by atoms with E-state index in [2.05, 4.69) is 38.7 Å². The van der Waals surface area contributed by atoms with E-state index >= 15 is 0 Å². The predicted molar refractivity (Wildman–Crippen MR) is 83.1 cm³/mol. The quantitative estimate of drug-likeness (QED) is 0.910. The van der Waals surface area contributed by atoms with Crippen LogP contribution < -0.4 is 10.6 Å². The van der Waals surface area contributed by atoms with Gasteiger partial charge in [-0.1, -0.05) is 25.3 Å². The highest BCUT2D eigenvalue weighted by Crippen LogP contribution is 2.28. The maximum atomic E-state index is 5.73. The average Bonchev–Trinajstić information content (AvgIpc) is 2.98. The lowest BCUT2D eigenvalue weighted by Gasteiger charge is -2.36. The van der Waals surface area contributed by atoms with Crippen molar-refractivity contribution in [3.63, 3.8) is 0 Å². The molecule has 0 saturated heterocycles. The van der Waals surface area contributed by atoms with Crippen LogP contribution in [-0.2, 0) is 0 Å². The lowest BCUT2D eigenvalue weighted by Crippen LogP contribution is -2.39. The first kappa shape index (κ1) is 13.4. The van der Waals surface area contributed by atoms with E-state index in [9.17, 15) is 0 Å². The topological polar surface area (TPSA) is 46.6 Å². The summed E-state index contributed by atoms with van der Waals surface area (Å²) in [6, 6.07) is 7.03. The second-order valence-electron chi connectivity index (χ2n) is 5.67. The highest BCUT2D eigenvalue weighted by atomic mass is 15.2. The number of aromatic nitrogens is 2. The molecule has 1 saturated carbocycles. The third kappa shape index (κ3) is 2.66. The highest BCUT2D eigenvalue weighted by molar-refractivity contribution is 5.52. The Morgan fingerprint density at radius 3 is 2.90 bits per heavy atom. The van der Waals surface area contributed by atoms with Crippen LogP contribution in [-0.4, -0.2) is 28.5 Å². The van der Waals surface area contributed by atoms with Crippen LogP contribution in [0.15, 0.2) is 30.6 Å². The van der Waals surface area contributed by atoms with Gasteiger partial charge in [-0.2, -0.15) is 0 Å². The fourth-order valence-corrected chi connectivity index (χ4v) is 3.31. The van der Waals surface area contributed by atoms with Crippen LogP contribution in [0.5, 0.6) is 0 Å². The summed E-state index contributed by atoms with van der Waals surface area (Å²) in [6.07, 6.45) is 11.7. The number of fused-ring (bicyclic) bond motifs is 1. The Morgan fingerprint density at radius 2 is 2.10 bits per heavy atom. The standard InChI is InChI=1S/C16H24N4/c17-10-5-12-19(14-6-2-1-3-7-14)16-9-4-8-15-18-11-13-20(15)16/h4,8-9,11,13-14H,1-3,5-7,10,12,17H2. The number of anilines is 1. The third-order valence-electron chi connectivity index (χ3n) is 4.32. The maximum Gasteiger partial charge on any atom is 0.138 e. The second-order valence-corrected chi connectivity index (χ2v) is 5.67. The summed E-state index contributed by atoms with van der Waals surface area (Å²) in [5.74, 6) is 1.26. The summed E-state index contributed by atoms with van der Waals surface area (Å²) in [7, 11) is 0. The van der Waals surface area contributed by atoms with E-state index in [1.807, 2.05) is 6.20 Å². The molecule has 0 bridgehead atoms. The lowest BCUT2D eigenvalue weighted by molar-refractivity contribution is 0.410. The molecule has 108 valence electrons. The van der Waals surface area contributed by atoms with Gasteiger partial charge in [0.2, 0.25) is 0 Å². The Hall–Kier alpha value is -1.55. The van der Waals surface area contributed by atoms with E-state index < -0.39 is 0 Å². The van der Waals surface area contributed by atoms with Gasteiger partial charge in [-0.25, -0.2) is 4.98 Å². The van der Waals surface area contributed by atoms with Gasteiger partial charge in [-0.05, 0) is 37.9 Å². The van der Waals surface area contributed by atoms with Crippen LogP contribution in [0.4, 0.5) is 5.82 Å². The van der Waals surface area contributed by atoms with Gasteiger partial charge in [-0.15, -0.1) is 0 Å². The van der Waals surface area contributed by atoms with E-state index in [-0.39, 0.29) is 0 Å². The molecule has 0 spiro atoms. The van der Waals surface area contributed by atoms with Gasteiger partial charge in [0.1, 0.15) is 11.5 Å². The van der Waals surface area contributed by atoms with Gasteiger partial charge in [-0.3, -0.25) is 4.40 Å². The largest absolute Gasteiger partial charge is 0.355 e. The molecule has 0 amide bonds. The number of imidazole rings is 1. The zero-order valence-corrected chi connectivity index (χ0v) is 12.0. The Morgan fingerprint density at radius 1 is 1.25 bits per heavy atom. The van der Waals surface area contributed by atoms with E-state index in [0.29, 0.717) is 6.04 Å². The van der Waals surface area contributed by atoms with Gasteiger partial charge in [0.25, 0.3) is 0 Å². The average molecular weight is 272 g/mol. The summed E-state index contributed by atoms with van der Waals surface area (Å²) in [6.45, 7) is 1.79. The molecule has 4 nitrogen and oxygen atoms in total. The van der Waals surface area contributed by atoms with Crippen molar-refractivity contribution in [2.24, 2.45) is 5.73 Å². The summed E-state index contributed by atoms with van der Waals surface area (Å²) in [5.41, 5.74) is 6.76. The smallest absolute Gasteiger partial charge is 0.138 e. The fraction of sp³-hybridized carbons (Fsp3) is 0.562. The SMILES string of the molecule is NCCCN(c1cccc2nccn12)C1CCCCC1. The molecule has 1 aliphatic rings. The third-order valence-corrected chi connectivity index (χ3v) is 4.32. The number of rotatable bonds is 5. The van der Waals surface area contributed by atoms with Crippen LogP contribution in [0.1, 0.15) is 38.5 Å². The molecule has 0 aliphatic heterocycles. The minimum absolute atomic E-state index is 0.656. The predicted octanol–water partition coefficient (Wildman–Crippen LogP) is 2.82. The minimum Gasteiger partial charge on any atom is -0.355 e. The zero-order chi connectivity index (χ0) is 13.8. The van der Waals surface area contributed by atoms with E-state index in [0.717, 1.165) is 25.2 Å². The number of pyridine rings is 1. The summed E-state index contributed by atoms with van der Waals surface area (Å²) < 4.78 is 2.20. The molecule has 2 heterocycles. The van der Waals surface area contributed by atoms with Gasteiger partial charge in [0.15, 0.2) is 0 Å². The van der Waals surface area contributed by atoms with Crippen molar-refractivity contribution in [2.45, 2.75) is 44.6 Å². The van der Waals surface area contributed by atoms with Crippen molar-refractivity contribution >= 4 is 11.5 Å². The second kappa shape index (κ2) is 6.27. The van der Waals surface area contributed by atoms with Gasteiger partial charge in [0, 0.05) is 25.0 Å². The molecule has 1 fully saturated rings. The van der Waals surface area contributed by atoms with Crippen LogP contribution in [0.3, 0.4) is 0 Å².